The molecule has 1 atom stereocenters. The lowest BCUT2D eigenvalue weighted by Gasteiger charge is -2.19. The van der Waals surface area contributed by atoms with Gasteiger partial charge in [0.15, 0.2) is 0 Å². The predicted molar refractivity (Wildman–Crippen MR) is 71.2 cm³/mol. The van der Waals surface area contributed by atoms with Gasteiger partial charge < -0.3 is 10.1 Å². The second kappa shape index (κ2) is 6.78. The maximum Gasteiger partial charge on any atom is 0.328 e. The summed E-state index contributed by atoms with van der Waals surface area (Å²) in [4.78, 5) is 33.4. The largest absolute Gasteiger partial charge is 0.467 e. The van der Waals surface area contributed by atoms with Crippen LogP contribution in [0.2, 0.25) is 0 Å². The number of nitro benzene ring substituents is 1. The minimum Gasteiger partial charge on any atom is -0.467 e. The molecule has 0 unspecified atom stereocenters. The van der Waals surface area contributed by atoms with E-state index in [1.165, 1.54) is 0 Å². The molecule has 0 aromatic heterocycles. The number of ether oxygens (including phenoxy) is 1. The van der Waals surface area contributed by atoms with Crippen LogP contribution in [0.4, 0.5) is 10.1 Å². The summed E-state index contributed by atoms with van der Waals surface area (Å²) < 4.78 is 18.2. The van der Waals surface area contributed by atoms with Gasteiger partial charge in [0, 0.05) is 12.1 Å². The highest BCUT2D eigenvalue weighted by molar-refractivity contribution is 5.97. The zero-order valence-corrected chi connectivity index (χ0v) is 11.8. The number of benzene rings is 1. The van der Waals surface area contributed by atoms with Crippen molar-refractivity contribution in [1.29, 1.82) is 0 Å². The fourth-order valence-electron chi connectivity index (χ4n) is 1.64. The van der Waals surface area contributed by atoms with Crippen molar-refractivity contribution in [3.05, 3.63) is 39.7 Å². The number of nitro groups is 1. The number of non-ortho nitro benzene ring substituents is 1. The molecule has 1 aromatic carbocycles. The Balaban J connectivity index is 3.05. The summed E-state index contributed by atoms with van der Waals surface area (Å²) >= 11 is 0. The molecule has 21 heavy (non-hydrogen) atoms. The molecule has 0 aliphatic rings. The fourth-order valence-corrected chi connectivity index (χ4v) is 1.64. The maximum atomic E-state index is 13.6. The van der Waals surface area contributed by atoms with Crippen LogP contribution in [0.5, 0.6) is 0 Å². The van der Waals surface area contributed by atoms with Crippen LogP contribution in [0, 0.1) is 21.8 Å². The molecule has 0 spiro atoms. The maximum absolute atomic E-state index is 13.6. The molecule has 0 saturated carbocycles. The Labute approximate surface area is 120 Å². The summed E-state index contributed by atoms with van der Waals surface area (Å²) in [6, 6.07) is 1.63. The molecule has 0 aliphatic carbocycles. The normalized spacial score (nSPS) is 11.9. The quantitative estimate of drug-likeness (QED) is 0.506. The van der Waals surface area contributed by atoms with Gasteiger partial charge in [0.1, 0.15) is 11.9 Å². The standard InChI is InChI=1S/C13H15FN2O5/c1-7(2)11(13(18)21-3)15-12(17)9-6-8(16(19)20)4-5-10(9)14/h4-7,11H,1-3H3,(H,15,17)/t11-/m0/s1. The van der Waals surface area contributed by atoms with E-state index in [0.29, 0.717) is 0 Å². The third-order valence-electron chi connectivity index (χ3n) is 2.81. The molecule has 7 nitrogen and oxygen atoms in total. The number of hydrogen-bond donors (Lipinski definition) is 1. The van der Waals surface area contributed by atoms with Gasteiger partial charge in [-0.05, 0) is 12.0 Å². The minimum atomic E-state index is -0.971. The van der Waals surface area contributed by atoms with Crippen LogP contribution in [0.25, 0.3) is 0 Å². The van der Waals surface area contributed by atoms with E-state index in [9.17, 15) is 24.1 Å². The predicted octanol–water partition coefficient (Wildman–Crippen LogP) is 1.66. The lowest BCUT2D eigenvalue weighted by atomic mass is 10.0. The number of amides is 1. The first-order valence-corrected chi connectivity index (χ1v) is 6.10. The molecular weight excluding hydrogens is 283 g/mol. The van der Waals surface area contributed by atoms with E-state index >= 15 is 0 Å². The molecule has 114 valence electrons. The molecule has 0 bridgehead atoms. The number of rotatable bonds is 5. The summed E-state index contributed by atoms with van der Waals surface area (Å²) in [5.74, 6) is -2.79. The van der Waals surface area contributed by atoms with E-state index in [-0.39, 0.29) is 5.92 Å². The molecule has 1 rings (SSSR count). The molecule has 0 saturated heterocycles. The van der Waals surface area contributed by atoms with Crippen LogP contribution >= 0.6 is 0 Å². The summed E-state index contributed by atoms with van der Waals surface area (Å²) in [7, 11) is 1.16. The molecule has 0 aliphatic heterocycles. The van der Waals surface area contributed by atoms with E-state index in [2.05, 4.69) is 10.1 Å². The SMILES string of the molecule is COC(=O)[C@@H](NC(=O)c1cc([N+](=O)[O-])ccc1F)C(C)C. The average Bonchev–Trinajstić information content (AvgIpc) is 2.43. The van der Waals surface area contributed by atoms with E-state index in [4.69, 9.17) is 0 Å². The van der Waals surface area contributed by atoms with Crippen molar-refractivity contribution >= 4 is 17.6 Å². The highest BCUT2D eigenvalue weighted by atomic mass is 19.1. The zero-order valence-electron chi connectivity index (χ0n) is 11.8. The van der Waals surface area contributed by atoms with Crippen molar-refractivity contribution in [2.24, 2.45) is 5.92 Å². The summed E-state index contributed by atoms with van der Waals surface area (Å²) in [5.41, 5.74) is -0.917. The monoisotopic (exact) mass is 298 g/mol. The van der Waals surface area contributed by atoms with Gasteiger partial charge in [-0.2, -0.15) is 0 Å². The number of esters is 1. The number of carbonyl (C=O) groups is 2. The first-order valence-electron chi connectivity index (χ1n) is 6.10. The van der Waals surface area contributed by atoms with E-state index in [1.54, 1.807) is 13.8 Å². The third-order valence-corrected chi connectivity index (χ3v) is 2.81. The molecule has 0 heterocycles. The van der Waals surface area contributed by atoms with Gasteiger partial charge in [0.05, 0.1) is 17.6 Å². The summed E-state index contributed by atoms with van der Waals surface area (Å²) in [6.07, 6.45) is 0. The molecular formula is C13H15FN2O5. The minimum absolute atomic E-state index is 0.289. The van der Waals surface area contributed by atoms with Crippen molar-refractivity contribution in [2.45, 2.75) is 19.9 Å². The van der Waals surface area contributed by atoms with Crippen LogP contribution in [-0.4, -0.2) is 30.0 Å². The van der Waals surface area contributed by atoms with Crippen LogP contribution in [0.3, 0.4) is 0 Å². The number of hydrogen-bond acceptors (Lipinski definition) is 5. The van der Waals surface area contributed by atoms with Crippen LogP contribution in [0.15, 0.2) is 18.2 Å². The smallest absolute Gasteiger partial charge is 0.328 e. The summed E-state index contributed by atoms with van der Waals surface area (Å²) in [5, 5.41) is 13.0. The molecule has 0 fully saturated rings. The van der Waals surface area contributed by atoms with Gasteiger partial charge in [-0.25, -0.2) is 9.18 Å². The Bertz CT molecular complexity index is 574. The van der Waals surface area contributed by atoms with Crippen LogP contribution in [0.1, 0.15) is 24.2 Å². The van der Waals surface area contributed by atoms with Gasteiger partial charge in [0.25, 0.3) is 11.6 Å². The van der Waals surface area contributed by atoms with Crippen molar-refractivity contribution in [3.8, 4) is 0 Å². The van der Waals surface area contributed by atoms with Gasteiger partial charge in [-0.1, -0.05) is 13.8 Å². The van der Waals surface area contributed by atoms with E-state index in [0.717, 1.165) is 25.3 Å². The Kier molecular flexibility index (Phi) is 5.34. The number of carbonyl (C=O) groups excluding carboxylic acids is 2. The Morgan fingerprint density at radius 3 is 2.48 bits per heavy atom. The van der Waals surface area contributed by atoms with Gasteiger partial charge in [-0.3, -0.25) is 14.9 Å². The van der Waals surface area contributed by atoms with E-state index in [1.807, 2.05) is 0 Å². The lowest BCUT2D eigenvalue weighted by molar-refractivity contribution is -0.384. The highest BCUT2D eigenvalue weighted by Crippen LogP contribution is 2.17. The Hall–Kier alpha value is -2.51. The number of nitrogens with zero attached hydrogens (tertiary/aromatic N) is 1. The van der Waals surface area contributed by atoms with Crippen LogP contribution in [-0.2, 0) is 9.53 Å². The highest BCUT2D eigenvalue weighted by Gasteiger charge is 2.27. The van der Waals surface area contributed by atoms with Gasteiger partial charge in [0.2, 0.25) is 0 Å². The molecule has 8 heteroatoms. The Morgan fingerprint density at radius 2 is 2.00 bits per heavy atom. The van der Waals surface area contributed by atoms with Crippen molar-refractivity contribution < 1.29 is 23.6 Å². The second-order valence-electron chi connectivity index (χ2n) is 4.64. The first-order chi connectivity index (χ1) is 9.77. The topological polar surface area (TPSA) is 98.5 Å². The molecule has 1 amide bonds. The molecule has 1 N–H and O–H groups in total. The van der Waals surface area contributed by atoms with E-state index < -0.39 is 39.9 Å². The molecule has 0 radical (unpaired) electrons. The third kappa shape index (κ3) is 3.98. The first kappa shape index (κ1) is 16.5. The number of halogens is 1. The number of methoxy groups -OCH3 is 1. The Morgan fingerprint density at radius 1 is 1.38 bits per heavy atom. The number of nitrogens with one attached hydrogen (secondary N) is 1. The molecule has 1 aromatic rings. The fraction of sp³-hybridized carbons (Fsp3) is 0.385. The van der Waals surface area contributed by atoms with Crippen molar-refractivity contribution in [2.75, 3.05) is 7.11 Å². The lowest BCUT2D eigenvalue weighted by Crippen LogP contribution is -2.45. The van der Waals surface area contributed by atoms with Gasteiger partial charge >= 0.3 is 5.97 Å². The zero-order chi connectivity index (χ0) is 16.2. The van der Waals surface area contributed by atoms with Crippen molar-refractivity contribution in [3.63, 3.8) is 0 Å². The second-order valence-corrected chi connectivity index (χ2v) is 4.64. The average molecular weight is 298 g/mol. The van der Waals surface area contributed by atoms with Crippen molar-refractivity contribution in [1.82, 2.24) is 5.32 Å². The van der Waals surface area contributed by atoms with Crippen LogP contribution < -0.4 is 5.32 Å². The van der Waals surface area contributed by atoms with Gasteiger partial charge in [-0.15, -0.1) is 0 Å². The summed E-state index contributed by atoms with van der Waals surface area (Å²) in [6.45, 7) is 3.34.